The molecule has 28 heavy (non-hydrogen) atoms. The standard InChI is InChI=1S/C25H33NO2/c1-6-20-14-13-19(3)23(17-20)22(18-27)15-16-25(4,28)24(26(5)7-2)21-11-9-8-10-12-21/h8-14,17,22,24,27-28H,6-7,18H2,1-5H3/t22-,24-,25+/m0/s1. The van der Waals surface area contributed by atoms with Gasteiger partial charge >= 0.3 is 0 Å². The molecule has 3 heteroatoms. The van der Waals surface area contributed by atoms with Gasteiger partial charge in [-0.1, -0.05) is 74.2 Å². The van der Waals surface area contributed by atoms with Gasteiger partial charge in [0, 0.05) is 0 Å². The Balaban J connectivity index is 2.41. The Labute approximate surface area is 170 Å². The number of hydrogen-bond donors (Lipinski definition) is 2. The Morgan fingerprint density at radius 1 is 1.11 bits per heavy atom. The first kappa shape index (κ1) is 22.2. The summed E-state index contributed by atoms with van der Waals surface area (Å²) in [5.74, 6) is 5.94. The van der Waals surface area contributed by atoms with E-state index in [9.17, 15) is 10.2 Å². The molecular weight excluding hydrogens is 346 g/mol. The molecule has 0 bridgehead atoms. The van der Waals surface area contributed by atoms with Crippen molar-refractivity contribution in [2.24, 2.45) is 0 Å². The van der Waals surface area contributed by atoms with Gasteiger partial charge in [-0.3, -0.25) is 4.90 Å². The molecule has 0 aliphatic heterocycles. The second-order valence-electron chi connectivity index (χ2n) is 7.58. The summed E-state index contributed by atoms with van der Waals surface area (Å²) in [7, 11) is 1.99. The maximum atomic E-state index is 11.3. The molecule has 0 aliphatic rings. The fraction of sp³-hybridized carbons (Fsp3) is 0.440. The van der Waals surface area contributed by atoms with Crippen molar-refractivity contribution in [1.29, 1.82) is 0 Å². The Morgan fingerprint density at radius 3 is 2.36 bits per heavy atom. The predicted molar refractivity (Wildman–Crippen MR) is 116 cm³/mol. The first-order valence-electron chi connectivity index (χ1n) is 10.0. The van der Waals surface area contributed by atoms with Crippen LogP contribution in [0.1, 0.15) is 55.0 Å². The number of aryl methyl sites for hydroxylation is 2. The normalized spacial score (nSPS) is 15.4. The monoisotopic (exact) mass is 379 g/mol. The average Bonchev–Trinajstić information content (AvgIpc) is 2.70. The second kappa shape index (κ2) is 9.89. The van der Waals surface area contributed by atoms with Gasteiger partial charge in [0.05, 0.1) is 18.6 Å². The largest absolute Gasteiger partial charge is 0.395 e. The Hall–Kier alpha value is -2.12. The minimum Gasteiger partial charge on any atom is -0.395 e. The van der Waals surface area contributed by atoms with Crippen molar-refractivity contribution in [3.8, 4) is 11.8 Å². The highest BCUT2D eigenvalue weighted by molar-refractivity contribution is 5.39. The Kier molecular flexibility index (Phi) is 7.83. The molecule has 0 radical (unpaired) electrons. The SMILES string of the molecule is CCc1ccc(C)c([C@@H](C#C[C@@](C)(O)[C@H](c2ccccc2)N(C)CC)CO)c1. The number of aliphatic hydroxyl groups excluding tert-OH is 1. The minimum absolute atomic E-state index is 0.0727. The quantitative estimate of drug-likeness (QED) is 0.713. The number of likely N-dealkylation sites (N-methyl/N-ethyl adjacent to an activating group) is 1. The van der Waals surface area contributed by atoms with E-state index < -0.39 is 5.60 Å². The molecule has 0 unspecified atom stereocenters. The van der Waals surface area contributed by atoms with Crippen LogP contribution in [0.15, 0.2) is 48.5 Å². The van der Waals surface area contributed by atoms with E-state index in [0.29, 0.717) is 0 Å². The summed E-state index contributed by atoms with van der Waals surface area (Å²) < 4.78 is 0. The zero-order valence-electron chi connectivity index (χ0n) is 17.7. The molecule has 3 nitrogen and oxygen atoms in total. The molecule has 0 saturated carbocycles. The number of hydrogen-bond acceptors (Lipinski definition) is 3. The molecule has 2 N–H and O–H groups in total. The van der Waals surface area contributed by atoms with E-state index in [4.69, 9.17) is 0 Å². The van der Waals surface area contributed by atoms with Crippen LogP contribution in [0.3, 0.4) is 0 Å². The van der Waals surface area contributed by atoms with Crippen molar-refractivity contribution in [1.82, 2.24) is 4.90 Å². The number of nitrogens with zero attached hydrogens (tertiary/aromatic N) is 1. The van der Waals surface area contributed by atoms with E-state index in [-0.39, 0.29) is 18.6 Å². The molecule has 0 fully saturated rings. The molecule has 3 atom stereocenters. The molecule has 0 amide bonds. The van der Waals surface area contributed by atoms with Crippen LogP contribution in [0, 0.1) is 18.8 Å². The highest BCUT2D eigenvalue weighted by Crippen LogP contribution is 2.31. The Morgan fingerprint density at radius 2 is 1.79 bits per heavy atom. The van der Waals surface area contributed by atoms with Crippen molar-refractivity contribution in [3.63, 3.8) is 0 Å². The molecule has 2 aromatic rings. The maximum Gasteiger partial charge on any atom is 0.142 e. The van der Waals surface area contributed by atoms with Gasteiger partial charge in [0.2, 0.25) is 0 Å². The summed E-state index contributed by atoms with van der Waals surface area (Å²) in [6, 6.07) is 16.0. The minimum atomic E-state index is -1.25. The fourth-order valence-corrected chi connectivity index (χ4v) is 3.63. The van der Waals surface area contributed by atoms with E-state index in [1.807, 2.05) is 44.3 Å². The molecular formula is C25H33NO2. The lowest BCUT2D eigenvalue weighted by Gasteiger charge is -2.36. The summed E-state index contributed by atoms with van der Waals surface area (Å²) in [5, 5.41) is 21.3. The average molecular weight is 380 g/mol. The van der Waals surface area contributed by atoms with Crippen LogP contribution < -0.4 is 0 Å². The summed E-state index contributed by atoms with van der Waals surface area (Å²) in [6.45, 7) is 8.69. The van der Waals surface area contributed by atoms with Crippen LogP contribution in [-0.2, 0) is 6.42 Å². The van der Waals surface area contributed by atoms with Crippen LogP contribution in [0.5, 0.6) is 0 Å². The molecule has 150 valence electrons. The van der Waals surface area contributed by atoms with Crippen molar-refractivity contribution >= 4 is 0 Å². The van der Waals surface area contributed by atoms with E-state index in [2.05, 4.69) is 48.8 Å². The van der Waals surface area contributed by atoms with Gasteiger partial charge in [0.15, 0.2) is 0 Å². The molecule has 0 heterocycles. The number of rotatable bonds is 7. The number of benzene rings is 2. The third-order valence-electron chi connectivity index (χ3n) is 5.40. The van der Waals surface area contributed by atoms with Crippen LogP contribution in [-0.4, -0.2) is 40.9 Å². The third-order valence-corrected chi connectivity index (χ3v) is 5.40. The second-order valence-corrected chi connectivity index (χ2v) is 7.58. The summed E-state index contributed by atoms with van der Waals surface area (Å²) >= 11 is 0. The lowest BCUT2D eigenvalue weighted by atomic mass is 9.87. The van der Waals surface area contributed by atoms with Crippen molar-refractivity contribution < 1.29 is 10.2 Å². The van der Waals surface area contributed by atoms with Crippen molar-refractivity contribution in [2.75, 3.05) is 20.2 Å². The zero-order chi connectivity index (χ0) is 20.7. The highest BCUT2D eigenvalue weighted by Gasteiger charge is 2.34. The summed E-state index contributed by atoms with van der Waals surface area (Å²) in [5.41, 5.74) is 3.13. The van der Waals surface area contributed by atoms with Crippen molar-refractivity contribution in [3.05, 3.63) is 70.8 Å². The molecule has 0 saturated heterocycles. The van der Waals surface area contributed by atoms with Gasteiger partial charge in [0.1, 0.15) is 5.60 Å². The van der Waals surface area contributed by atoms with Gasteiger partial charge in [-0.2, -0.15) is 0 Å². The van der Waals surface area contributed by atoms with Crippen LogP contribution in [0.25, 0.3) is 0 Å². The molecule has 2 rings (SSSR count). The molecule has 0 aromatic heterocycles. The van der Waals surface area contributed by atoms with Gasteiger partial charge in [-0.25, -0.2) is 0 Å². The van der Waals surface area contributed by atoms with Gasteiger partial charge < -0.3 is 10.2 Å². The summed E-state index contributed by atoms with van der Waals surface area (Å²) in [4.78, 5) is 2.10. The Bertz CT molecular complexity index is 817. The predicted octanol–water partition coefficient (Wildman–Crippen LogP) is 4.08. The fourth-order valence-electron chi connectivity index (χ4n) is 3.63. The molecule has 0 aliphatic carbocycles. The van der Waals surface area contributed by atoms with E-state index in [1.54, 1.807) is 6.92 Å². The van der Waals surface area contributed by atoms with E-state index >= 15 is 0 Å². The smallest absolute Gasteiger partial charge is 0.142 e. The van der Waals surface area contributed by atoms with E-state index in [0.717, 1.165) is 29.7 Å². The lowest BCUT2D eigenvalue weighted by Crippen LogP contribution is -2.41. The first-order chi connectivity index (χ1) is 13.3. The number of aliphatic hydroxyl groups is 2. The summed E-state index contributed by atoms with van der Waals surface area (Å²) in [6.07, 6.45) is 0.938. The van der Waals surface area contributed by atoms with E-state index in [1.165, 1.54) is 5.56 Å². The zero-order valence-corrected chi connectivity index (χ0v) is 17.7. The molecule has 2 aromatic carbocycles. The lowest BCUT2D eigenvalue weighted by molar-refractivity contribution is 0.0222. The maximum absolute atomic E-state index is 11.3. The van der Waals surface area contributed by atoms with Crippen LogP contribution in [0.4, 0.5) is 0 Å². The van der Waals surface area contributed by atoms with Gasteiger partial charge in [-0.15, -0.1) is 0 Å². The highest BCUT2D eigenvalue weighted by atomic mass is 16.3. The van der Waals surface area contributed by atoms with Gasteiger partial charge in [0.25, 0.3) is 0 Å². The molecule has 0 spiro atoms. The topological polar surface area (TPSA) is 43.7 Å². The third kappa shape index (κ3) is 5.23. The van der Waals surface area contributed by atoms with Crippen LogP contribution in [0.2, 0.25) is 0 Å². The van der Waals surface area contributed by atoms with Gasteiger partial charge in [-0.05, 0) is 56.1 Å². The van der Waals surface area contributed by atoms with Crippen molar-refractivity contribution in [2.45, 2.75) is 51.7 Å². The first-order valence-corrected chi connectivity index (χ1v) is 10.0. The van der Waals surface area contributed by atoms with Crippen LogP contribution >= 0.6 is 0 Å².